The Hall–Kier alpha value is -0.980. The lowest BCUT2D eigenvalue weighted by molar-refractivity contribution is -0.312. The van der Waals surface area contributed by atoms with E-state index in [2.05, 4.69) is 11.8 Å². The lowest BCUT2D eigenvalue weighted by Gasteiger charge is -2.43. The third-order valence-corrected chi connectivity index (χ3v) is 4.96. The van der Waals surface area contributed by atoms with E-state index in [9.17, 15) is 25.5 Å². The van der Waals surface area contributed by atoms with E-state index in [4.69, 9.17) is 9.47 Å². The Morgan fingerprint density at radius 3 is 2.42 bits per heavy atom. The van der Waals surface area contributed by atoms with Crippen LogP contribution in [0.4, 0.5) is 0 Å². The highest BCUT2D eigenvalue weighted by Crippen LogP contribution is 2.41. The molecule has 5 N–H and O–H groups in total. The predicted molar refractivity (Wildman–Crippen MR) is 93.8 cm³/mol. The molecule has 0 aromatic rings. The summed E-state index contributed by atoms with van der Waals surface area (Å²) in [5, 5.41) is 48.6. The molecule has 1 heterocycles. The molecule has 1 aliphatic carbocycles. The molecular formula is C19H30O7. The maximum Gasteiger partial charge on any atom is 0.186 e. The molecule has 2 aliphatic rings. The molecule has 1 aliphatic heterocycles. The van der Waals surface area contributed by atoms with E-state index in [0.717, 1.165) is 11.1 Å². The fourth-order valence-electron chi connectivity index (χ4n) is 3.68. The Morgan fingerprint density at radius 1 is 1.23 bits per heavy atom. The SMILES string of the molecule is CC1=C(C#CC(C)O)C(C)(C)CC(O[C@@H]2O[C@H](CO)[C@@H](O)[C@H](O)[C@H]2O)C1. The minimum absolute atomic E-state index is 0.275. The van der Waals surface area contributed by atoms with Crippen LogP contribution in [0.3, 0.4) is 0 Å². The second-order valence-corrected chi connectivity index (χ2v) is 7.85. The minimum Gasteiger partial charge on any atom is -0.394 e. The molecule has 0 aromatic heterocycles. The van der Waals surface area contributed by atoms with Crippen molar-refractivity contribution in [3.05, 3.63) is 11.1 Å². The smallest absolute Gasteiger partial charge is 0.186 e. The van der Waals surface area contributed by atoms with Gasteiger partial charge in [-0.1, -0.05) is 31.3 Å². The van der Waals surface area contributed by atoms with Crippen molar-refractivity contribution in [3.8, 4) is 11.8 Å². The summed E-state index contributed by atoms with van der Waals surface area (Å²) < 4.78 is 11.3. The minimum atomic E-state index is -1.45. The molecule has 2 unspecified atom stereocenters. The summed E-state index contributed by atoms with van der Waals surface area (Å²) in [6.45, 7) is 7.15. The van der Waals surface area contributed by atoms with Gasteiger partial charge in [0.1, 0.15) is 30.5 Å². The molecule has 0 spiro atoms. The highest BCUT2D eigenvalue weighted by molar-refractivity contribution is 5.40. The van der Waals surface area contributed by atoms with Crippen molar-refractivity contribution >= 4 is 0 Å². The first-order valence-electron chi connectivity index (χ1n) is 8.92. The molecule has 0 bridgehead atoms. The summed E-state index contributed by atoms with van der Waals surface area (Å²) in [4.78, 5) is 0. The summed E-state index contributed by atoms with van der Waals surface area (Å²) in [5.41, 5.74) is 1.71. The molecule has 0 radical (unpaired) electrons. The van der Waals surface area contributed by atoms with Gasteiger partial charge in [0.2, 0.25) is 0 Å². The molecule has 0 saturated carbocycles. The Bertz CT molecular complexity index is 584. The summed E-state index contributed by atoms with van der Waals surface area (Å²) in [7, 11) is 0. The molecular weight excluding hydrogens is 340 g/mol. The van der Waals surface area contributed by atoms with Gasteiger partial charge >= 0.3 is 0 Å². The van der Waals surface area contributed by atoms with Gasteiger partial charge < -0.3 is 35.0 Å². The molecule has 1 saturated heterocycles. The van der Waals surface area contributed by atoms with Gasteiger partial charge in [0.15, 0.2) is 6.29 Å². The first-order valence-corrected chi connectivity index (χ1v) is 8.92. The van der Waals surface area contributed by atoms with Crippen LogP contribution in [0.5, 0.6) is 0 Å². The number of ether oxygens (including phenoxy) is 2. The Kier molecular flexibility index (Phi) is 6.86. The van der Waals surface area contributed by atoms with E-state index in [-0.39, 0.29) is 11.5 Å². The number of hydrogen-bond acceptors (Lipinski definition) is 7. The van der Waals surface area contributed by atoms with Crippen LogP contribution in [0.15, 0.2) is 11.1 Å². The van der Waals surface area contributed by atoms with E-state index in [0.29, 0.717) is 12.8 Å². The summed E-state index contributed by atoms with van der Waals surface area (Å²) in [6, 6.07) is 0. The summed E-state index contributed by atoms with van der Waals surface area (Å²) in [6.07, 6.45) is -6.17. The van der Waals surface area contributed by atoms with Gasteiger partial charge in [-0.15, -0.1) is 0 Å². The summed E-state index contributed by atoms with van der Waals surface area (Å²) >= 11 is 0. The maximum atomic E-state index is 10.1. The lowest BCUT2D eigenvalue weighted by Crippen LogP contribution is -2.59. The van der Waals surface area contributed by atoms with E-state index < -0.39 is 43.4 Å². The van der Waals surface area contributed by atoms with Crippen LogP contribution < -0.4 is 0 Å². The highest BCUT2D eigenvalue weighted by atomic mass is 16.7. The molecule has 7 atom stereocenters. The highest BCUT2D eigenvalue weighted by Gasteiger charge is 2.45. The van der Waals surface area contributed by atoms with Crippen LogP contribution >= 0.6 is 0 Å². The molecule has 148 valence electrons. The third kappa shape index (κ3) is 4.65. The number of aliphatic hydroxyl groups excluding tert-OH is 5. The van der Waals surface area contributed by atoms with Crippen LogP contribution in [-0.4, -0.2) is 75.1 Å². The first-order chi connectivity index (χ1) is 12.1. The van der Waals surface area contributed by atoms with Crippen molar-refractivity contribution in [1.82, 2.24) is 0 Å². The first kappa shape index (κ1) is 21.3. The second kappa shape index (κ2) is 8.36. The quantitative estimate of drug-likeness (QED) is 0.432. The fourth-order valence-corrected chi connectivity index (χ4v) is 3.68. The Labute approximate surface area is 154 Å². The van der Waals surface area contributed by atoms with E-state index >= 15 is 0 Å². The van der Waals surface area contributed by atoms with Gasteiger partial charge in [0.25, 0.3) is 0 Å². The van der Waals surface area contributed by atoms with Crippen molar-refractivity contribution in [2.45, 2.75) is 83.5 Å². The Morgan fingerprint density at radius 2 is 1.88 bits per heavy atom. The normalized spacial score (nSPS) is 38.5. The van der Waals surface area contributed by atoms with Gasteiger partial charge in [-0.3, -0.25) is 0 Å². The monoisotopic (exact) mass is 370 g/mol. The molecule has 7 heteroatoms. The van der Waals surface area contributed by atoms with Crippen LogP contribution in [0, 0.1) is 17.3 Å². The van der Waals surface area contributed by atoms with Crippen molar-refractivity contribution < 1.29 is 35.0 Å². The van der Waals surface area contributed by atoms with E-state index in [1.165, 1.54) is 0 Å². The van der Waals surface area contributed by atoms with Gasteiger partial charge in [-0.2, -0.15) is 0 Å². The molecule has 0 amide bonds. The van der Waals surface area contributed by atoms with Crippen LogP contribution in [0.25, 0.3) is 0 Å². The predicted octanol–water partition coefficient (Wildman–Crippen LogP) is -0.308. The summed E-state index contributed by atoms with van der Waals surface area (Å²) in [5.74, 6) is 5.84. The molecule has 1 fully saturated rings. The van der Waals surface area contributed by atoms with E-state index in [1.807, 2.05) is 20.8 Å². The van der Waals surface area contributed by atoms with Gasteiger partial charge in [-0.05, 0) is 26.7 Å². The van der Waals surface area contributed by atoms with Crippen molar-refractivity contribution in [2.24, 2.45) is 5.41 Å². The molecule has 7 nitrogen and oxygen atoms in total. The van der Waals surface area contributed by atoms with Crippen molar-refractivity contribution in [3.63, 3.8) is 0 Å². The number of aliphatic hydroxyl groups is 5. The van der Waals surface area contributed by atoms with E-state index in [1.54, 1.807) is 6.92 Å². The average Bonchev–Trinajstić information content (AvgIpc) is 2.53. The second-order valence-electron chi connectivity index (χ2n) is 7.85. The fraction of sp³-hybridized carbons (Fsp3) is 0.789. The van der Waals surface area contributed by atoms with Gasteiger partial charge in [0, 0.05) is 11.0 Å². The maximum absolute atomic E-state index is 10.1. The van der Waals surface area contributed by atoms with Crippen LogP contribution in [-0.2, 0) is 9.47 Å². The van der Waals surface area contributed by atoms with Crippen LogP contribution in [0.1, 0.15) is 40.5 Å². The largest absolute Gasteiger partial charge is 0.394 e. The number of hydrogen-bond donors (Lipinski definition) is 5. The molecule has 26 heavy (non-hydrogen) atoms. The molecule has 0 aromatic carbocycles. The number of rotatable bonds is 3. The standard InChI is InChI=1S/C19H30O7/c1-10-7-12(8-19(3,4)13(10)6-5-11(2)21)25-18-17(24)16(23)15(22)14(9-20)26-18/h11-12,14-18,20-24H,7-9H2,1-4H3/t11?,12?,14-,15-,16+,17-,18-/m1/s1. The third-order valence-electron chi connectivity index (χ3n) is 4.96. The van der Waals surface area contributed by atoms with Gasteiger partial charge in [-0.25, -0.2) is 0 Å². The van der Waals surface area contributed by atoms with Crippen molar-refractivity contribution in [1.29, 1.82) is 0 Å². The lowest BCUT2D eigenvalue weighted by atomic mass is 9.71. The molecule has 2 rings (SSSR count). The zero-order chi connectivity index (χ0) is 19.6. The zero-order valence-electron chi connectivity index (χ0n) is 15.7. The topological polar surface area (TPSA) is 120 Å². The average molecular weight is 370 g/mol. The van der Waals surface area contributed by atoms with Crippen molar-refractivity contribution in [2.75, 3.05) is 6.61 Å². The number of allylic oxidation sites excluding steroid dienone is 1. The zero-order valence-corrected chi connectivity index (χ0v) is 15.7. The Balaban J connectivity index is 2.13. The van der Waals surface area contributed by atoms with Gasteiger partial charge in [0.05, 0.1) is 12.7 Å². The van der Waals surface area contributed by atoms with Crippen LogP contribution in [0.2, 0.25) is 0 Å².